The standard InChI is InChI=1S/C13H16N4O3S/c1-18-8-4-10(19-2)9(11(5-8)20-3)6-15-17-13-16-12(14)7-21-13/h4-7H,14H2,1-3H3,(H,16,17). The third-order valence-electron chi connectivity index (χ3n) is 2.63. The lowest BCUT2D eigenvalue weighted by Gasteiger charge is -2.11. The molecule has 0 aliphatic carbocycles. The molecule has 0 saturated carbocycles. The predicted molar refractivity (Wildman–Crippen MR) is 83.8 cm³/mol. The smallest absolute Gasteiger partial charge is 0.205 e. The highest BCUT2D eigenvalue weighted by molar-refractivity contribution is 7.14. The van der Waals surface area contributed by atoms with E-state index in [0.717, 1.165) is 0 Å². The quantitative estimate of drug-likeness (QED) is 0.628. The molecule has 0 radical (unpaired) electrons. The van der Waals surface area contributed by atoms with E-state index in [1.165, 1.54) is 11.3 Å². The number of aromatic nitrogens is 1. The van der Waals surface area contributed by atoms with E-state index in [2.05, 4.69) is 15.5 Å². The number of anilines is 2. The van der Waals surface area contributed by atoms with Gasteiger partial charge in [-0.1, -0.05) is 0 Å². The number of thiazole rings is 1. The SMILES string of the molecule is COc1cc(OC)c(C=NNc2nc(N)cs2)c(OC)c1. The minimum Gasteiger partial charge on any atom is -0.496 e. The zero-order chi connectivity index (χ0) is 15.2. The molecule has 2 aromatic rings. The Bertz CT molecular complexity index is 617. The number of hydrogen-bond acceptors (Lipinski definition) is 8. The first-order chi connectivity index (χ1) is 10.2. The Balaban J connectivity index is 2.25. The minimum atomic E-state index is 0.456. The Kier molecular flexibility index (Phi) is 4.83. The fourth-order valence-corrected chi connectivity index (χ4v) is 2.20. The molecule has 1 aromatic heterocycles. The molecule has 1 aromatic carbocycles. The second kappa shape index (κ2) is 6.80. The van der Waals surface area contributed by atoms with E-state index in [1.54, 1.807) is 45.1 Å². The van der Waals surface area contributed by atoms with Gasteiger partial charge < -0.3 is 19.9 Å². The van der Waals surface area contributed by atoms with Gasteiger partial charge in [-0.05, 0) is 0 Å². The van der Waals surface area contributed by atoms with Gasteiger partial charge in [-0.15, -0.1) is 11.3 Å². The van der Waals surface area contributed by atoms with Crippen LogP contribution in [0.1, 0.15) is 5.56 Å². The molecule has 2 rings (SSSR count). The van der Waals surface area contributed by atoms with Crippen molar-refractivity contribution in [3.05, 3.63) is 23.1 Å². The zero-order valence-corrected chi connectivity index (χ0v) is 12.7. The van der Waals surface area contributed by atoms with Gasteiger partial charge in [0.05, 0.1) is 33.1 Å². The predicted octanol–water partition coefficient (Wildman–Crippen LogP) is 2.20. The van der Waals surface area contributed by atoms with E-state index in [-0.39, 0.29) is 0 Å². The molecule has 0 aliphatic heterocycles. The molecule has 0 fully saturated rings. The Hall–Kier alpha value is -2.48. The summed E-state index contributed by atoms with van der Waals surface area (Å²) < 4.78 is 15.8. The maximum Gasteiger partial charge on any atom is 0.205 e. The van der Waals surface area contributed by atoms with Crippen LogP contribution in [0.15, 0.2) is 22.6 Å². The molecule has 0 saturated heterocycles. The molecule has 0 spiro atoms. The molecule has 21 heavy (non-hydrogen) atoms. The second-order valence-electron chi connectivity index (χ2n) is 3.89. The summed E-state index contributed by atoms with van der Waals surface area (Å²) in [7, 11) is 4.72. The van der Waals surface area contributed by atoms with Gasteiger partial charge in [-0.25, -0.2) is 4.98 Å². The van der Waals surface area contributed by atoms with Crippen molar-refractivity contribution in [2.75, 3.05) is 32.5 Å². The summed E-state index contributed by atoms with van der Waals surface area (Å²) in [6.07, 6.45) is 1.59. The average Bonchev–Trinajstić information content (AvgIpc) is 2.92. The Morgan fingerprint density at radius 2 is 1.86 bits per heavy atom. The van der Waals surface area contributed by atoms with Crippen molar-refractivity contribution in [1.82, 2.24) is 4.98 Å². The third-order valence-corrected chi connectivity index (χ3v) is 3.39. The van der Waals surface area contributed by atoms with E-state index in [1.807, 2.05) is 0 Å². The summed E-state index contributed by atoms with van der Waals surface area (Å²) in [5.41, 5.74) is 9.03. The Morgan fingerprint density at radius 3 is 2.33 bits per heavy atom. The third kappa shape index (κ3) is 3.54. The zero-order valence-electron chi connectivity index (χ0n) is 11.9. The molecular formula is C13H16N4O3S. The van der Waals surface area contributed by atoms with E-state index < -0.39 is 0 Å². The van der Waals surface area contributed by atoms with Crippen LogP contribution in [0.5, 0.6) is 17.2 Å². The minimum absolute atomic E-state index is 0.456. The van der Waals surface area contributed by atoms with Crippen molar-refractivity contribution < 1.29 is 14.2 Å². The summed E-state index contributed by atoms with van der Waals surface area (Å²) in [5, 5.41) is 6.45. The normalized spacial score (nSPS) is 10.6. The number of hydrogen-bond donors (Lipinski definition) is 2. The number of ether oxygens (including phenoxy) is 3. The number of benzene rings is 1. The summed E-state index contributed by atoms with van der Waals surface area (Å²) >= 11 is 1.37. The van der Waals surface area contributed by atoms with Gasteiger partial charge >= 0.3 is 0 Å². The molecule has 0 amide bonds. The molecular weight excluding hydrogens is 292 g/mol. The molecule has 1 heterocycles. The fourth-order valence-electron chi connectivity index (χ4n) is 1.65. The van der Waals surface area contributed by atoms with Crippen LogP contribution in [-0.4, -0.2) is 32.5 Å². The van der Waals surface area contributed by atoms with Crippen LogP contribution >= 0.6 is 11.3 Å². The van der Waals surface area contributed by atoms with Gasteiger partial charge in [0, 0.05) is 17.5 Å². The van der Waals surface area contributed by atoms with Crippen LogP contribution in [0.4, 0.5) is 10.9 Å². The van der Waals surface area contributed by atoms with Crippen molar-refractivity contribution >= 4 is 28.5 Å². The Morgan fingerprint density at radius 1 is 1.19 bits per heavy atom. The van der Waals surface area contributed by atoms with Crippen molar-refractivity contribution in [2.24, 2.45) is 5.10 Å². The number of nitrogens with one attached hydrogen (secondary N) is 1. The van der Waals surface area contributed by atoms with Crippen LogP contribution in [0, 0.1) is 0 Å². The van der Waals surface area contributed by atoms with Crippen LogP contribution in [0.2, 0.25) is 0 Å². The first kappa shape index (κ1) is 14.9. The molecule has 0 unspecified atom stereocenters. The average molecular weight is 308 g/mol. The summed E-state index contributed by atoms with van der Waals surface area (Å²) in [5.74, 6) is 2.28. The number of nitrogens with zero attached hydrogens (tertiary/aromatic N) is 2. The summed E-state index contributed by atoms with van der Waals surface area (Å²) in [6.45, 7) is 0. The highest BCUT2D eigenvalue weighted by atomic mass is 32.1. The van der Waals surface area contributed by atoms with Crippen molar-refractivity contribution in [2.45, 2.75) is 0 Å². The molecule has 112 valence electrons. The molecule has 0 bridgehead atoms. The van der Waals surface area contributed by atoms with Crippen LogP contribution < -0.4 is 25.4 Å². The van der Waals surface area contributed by atoms with Crippen LogP contribution in [-0.2, 0) is 0 Å². The number of nitrogens with two attached hydrogens (primary N) is 1. The second-order valence-corrected chi connectivity index (χ2v) is 4.75. The number of nitrogen functional groups attached to an aromatic ring is 1. The fraction of sp³-hybridized carbons (Fsp3) is 0.231. The van der Waals surface area contributed by atoms with Gasteiger partial charge in [-0.2, -0.15) is 5.10 Å². The summed E-state index contributed by atoms with van der Waals surface area (Å²) in [6, 6.07) is 3.51. The van der Waals surface area contributed by atoms with Crippen LogP contribution in [0.25, 0.3) is 0 Å². The molecule has 3 N–H and O–H groups in total. The monoisotopic (exact) mass is 308 g/mol. The first-order valence-electron chi connectivity index (χ1n) is 5.98. The molecule has 0 aliphatic rings. The molecule has 8 heteroatoms. The highest BCUT2D eigenvalue weighted by Crippen LogP contribution is 2.32. The van der Waals surface area contributed by atoms with Gasteiger partial charge in [0.25, 0.3) is 0 Å². The number of hydrazone groups is 1. The maximum absolute atomic E-state index is 5.54. The van der Waals surface area contributed by atoms with E-state index >= 15 is 0 Å². The van der Waals surface area contributed by atoms with Crippen molar-refractivity contribution in [3.8, 4) is 17.2 Å². The lowest BCUT2D eigenvalue weighted by molar-refractivity contribution is 0.374. The summed E-state index contributed by atoms with van der Waals surface area (Å²) in [4.78, 5) is 4.04. The highest BCUT2D eigenvalue weighted by Gasteiger charge is 2.11. The Labute approximate surface area is 126 Å². The number of rotatable bonds is 6. The lowest BCUT2D eigenvalue weighted by atomic mass is 10.2. The van der Waals surface area contributed by atoms with E-state index in [0.29, 0.717) is 33.8 Å². The van der Waals surface area contributed by atoms with Crippen molar-refractivity contribution in [3.63, 3.8) is 0 Å². The van der Waals surface area contributed by atoms with Gasteiger partial charge in [0.1, 0.15) is 23.1 Å². The first-order valence-corrected chi connectivity index (χ1v) is 6.86. The van der Waals surface area contributed by atoms with Crippen LogP contribution in [0.3, 0.4) is 0 Å². The molecule has 7 nitrogen and oxygen atoms in total. The van der Waals surface area contributed by atoms with Gasteiger partial charge in [-0.3, -0.25) is 5.43 Å². The number of methoxy groups -OCH3 is 3. The largest absolute Gasteiger partial charge is 0.496 e. The van der Waals surface area contributed by atoms with E-state index in [4.69, 9.17) is 19.9 Å². The topological polar surface area (TPSA) is 91.0 Å². The van der Waals surface area contributed by atoms with E-state index in [9.17, 15) is 0 Å². The lowest BCUT2D eigenvalue weighted by Crippen LogP contribution is -1.99. The van der Waals surface area contributed by atoms with Crippen molar-refractivity contribution in [1.29, 1.82) is 0 Å². The van der Waals surface area contributed by atoms with Gasteiger partial charge in [0.2, 0.25) is 5.13 Å². The molecule has 0 atom stereocenters. The van der Waals surface area contributed by atoms with Gasteiger partial charge in [0.15, 0.2) is 0 Å². The maximum atomic E-state index is 5.54.